The number of carbonyl (C=O) groups is 2. The maximum atomic E-state index is 12.7. The average molecular weight is 361 g/mol. The average Bonchev–Trinajstić information content (AvgIpc) is 2.61. The molecule has 1 aromatic carbocycles. The third-order valence-electron chi connectivity index (χ3n) is 5.01. The second kappa shape index (κ2) is 9.57. The number of amides is 2. The van der Waals surface area contributed by atoms with E-state index in [0.29, 0.717) is 18.0 Å². The highest BCUT2D eigenvalue weighted by molar-refractivity contribution is 5.92. The molecule has 144 valence electrons. The standard InChI is InChI=1S/C20H31N3O3/c1-5-22(14-20(25)23-15(2)8-6-9-16(23)3)13-19(24)21-17-10-7-11-18(12-17)26-4/h7,10-12,15-16H,5-6,8-9,13-14H2,1-4H3,(H,21,24). The van der Waals surface area contributed by atoms with Crippen molar-refractivity contribution in [2.45, 2.75) is 52.1 Å². The van der Waals surface area contributed by atoms with E-state index in [9.17, 15) is 9.59 Å². The van der Waals surface area contributed by atoms with Gasteiger partial charge >= 0.3 is 0 Å². The minimum Gasteiger partial charge on any atom is -0.497 e. The van der Waals surface area contributed by atoms with E-state index in [0.717, 1.165) is 12.8 Å². The van der Waals surface area contributed by atoms with E-state index in [-0.39, 0.29) is 37.0 Å². The molecule has 1 aromatic rings. The molecule has 1 aliphatic rings. The Labute approximate surface area is 156 Å². The largest absolute Gasteiger partial charge is 0.497 e. The molecule has 2 unspecified atom stereocenters. The van der Waals surface area contributed by atoms with Gasteiger partial charge in [0.2, 0.25) is 11.8 Å². The minimum atomic E-state index is -0.132. The molecule has 0 aromatic heterocycles. The van der Waals surface area contributed by atoms with Crippen molar-refractivity contribution in [1.82, 2.24) is 9.80 Å². The van der Waals surface area contributed by atoms with E-state index in [2.05, 4.69) is 19.2 Å². The van der Waals surface area contributed by atoms with Crippen molar-refractivity contribution in [1.29, 1.82) is 0 Å². The molecule has 2 atom stereocenters. The fourth-order valence-electron chi connectivity index (χ4n) is 3.57. The highest BCUT2D eigenvalue weighted by Gasteiger charge is 2.29. The summed E-state index contributed by atoms with van der Waals surface area (Å²) in [5, 5.41) is 2.87. The van der Waals surface area contributed by atoms with Crippen LogP contribution in [0.2, 0.25) is 0 Å². The Morgan fingerprint density at radius 3 is 2.54 bits per heavy atom. The zero-order valence-corrected chi connectivity index (χ0v) is 16.3. The van der Waals surface area contributed by atoms with Crippen molar-refractivity contribution in [3.63, 3.8) is 0 Å². The maximum Gasteiger partial charge on any atom is 0.238 e. The molecule has 1 heterocycles. The van der Waals surface area contributed by atoms with Gasteiger partial charge in [0.25, 0.3) is 0 Å². The first kappa shape index (κ1) is 20.2. The van der Waals surface area contributed by atoms with Gasteiger partial charge in [0.15, 0.2) is 0 Å². The molecular weight excluding hydrogens is 330 g/mol. The van der Waals surface area contributed by atoms with Gasteiger partial charge in [-0.3, -0.25) is 14.5 Å². The van der Waals surface area contributed by atoms with Gasteiger partial charge < -0.3 is 15.0 Å². The molecule has 0 saturated carbocycles. The minimum absolute atomic E-state index is 0.112. The smallest absolute Gasteiger partial charge is 0.238 e. The second-order valence-electron chi connectivity index (χ2n) is 7.01. The zero-order chi connectivity index (χ0) is 19.1. The van der Waals surface area contributed by atoms with E-state index in [1.165, 1.54) is 6.42 Å². The van der Waals surface area contributed by atoms with Gasteiger partial charge in [-0.1, -0.05) is 13.0 Å². The molecule has 0 radical (unpaired) electrons. The van der Waals surface area contributed by atoms with Gasteiger partial charge in [0.1, 0.15) is 5.75 Å². The first-order chi connectivity index (χ1) is 12.4. The fourth-order valence-corrected chi connectivity index (χ4v) is 3.57. The number of benzene rings is 1. The summed E-state index contributed by atoms with van der Waals surface area (Å²) < 4.78 is 5.17. The lowest BCUT2D eigenvalue weighted by Crippen LogP contribution is -2.51. The number of hydrogen-bond acceptors (Lipinski definition) is 4. The zero-order valence-electron chi connectivity index (χ0n) is 16.3. The van der Waals surface area contributed by atoms with Crippen LogP contribution in [-0.2, 0) is 9.59 Å². The van der Waals surface area contributed by atoms with Crippen LogP contribution in [0.25, 0.3) is 0 Å². The molecule has 0 bridgehead atoms. The first-order valence-corrected chi connectivity index (χ1v) is 9.42. The predicted molar refractivity (Wildman–Crippen MR) is 103 cm³/mol. The third kappa shape index (κ3) is 5.46. The topological polar surface area (TPSA) is 61.9 Å². The summed E-state index contributed by atoms with van der Waals surface area (Å²) in [5.74, 6) is 0.673. The number of anilines is 1. The van der Waals surface area contributed by atoms with Crippen LogP contribution < -0.4 is 10.1 Å². The number of methoxy groups -OCH3 is 1. The van der Waals surface area contributed by atoms with Crippen molar-refractivity contribution in [2.24, 2.45) is 0 Å². The highest BCUT2D eigenvalue weighted by Crippen LogP contribution is 2.22. The Hall–Kier alpha value is -2.08. The van der Waals surface area contributed by atoms with Crippen molar-refractivity contribution in [3.8, 4) is 5.75 Å². The summed E-state index contributed by atoms with van der Waals surface area (Å²) in [6.07, 6.45) is 3.28. The van der Waals surface area contributed by atoms with Gasteiger partial charge in [0.05, 0.1) is 20.2 Å². The quantitative estimate of drug-likeness (QED) is 0.811. The molecule has 6 heteroatoms. The molecule has 26 heavy (non-hydrogen) atoms. The number of nitrogens with zero attached hydrogens (tertiary/aromatic N) is 2. The third-order valence-corrected chi connectivity index (χ3v) is 5.01. The molecule has 0 aliphatic carbocycles. The summed E-state index contributed by atoms with van der Waals surface area (Å²) in [5.41, 5.74) is 0.690. The van der Waals surface area contributed by atoms with Gasteiger partial charge in [-0.05, 0) is 51.8 Å². The van der Waals surface area contributed by atoms with E-state index in [1.807, 2.05) is 34.9 Å². The maximum absolute atomic E-state index is 12.7. The van der Waals surface area contributed by atoms with Gasteiger partial charge in [-0.25, -0.2) is 0 Å². The number of likely N-dealkylation sites (N-methyl/N-ethyl adjacent to an activating group) is 1. The van der Waals surface area contributed by atoms with Crippen LogP contribution in [0.4, 0.5) is 5.69 Å². The molecule has 2 rings (SSSR count). The summed E-state index contributed by atoms with van der Waals surface area (Å²) in [6, 6.07) is 7.80. The first-order valence-electron chi connectivity index (χ1n) is 9.42. The predicted octanol–water partition coefficient (Wildman–Crippen LogP) is 2.75. The van der Waals surface area contributed by atoms with Crippen LogP contribution in [0.5, 0.6) is 5.75 Å². The Kier molecular flexibility index (Phi) is 7.45. The lowest BCUT2D eigenvalue weighted by atomic mass is 9.97. The molecule has 1 N–H and O–H groups in total. The fraction of sp³-hybridized carbons (Fsp3) is 0.600. The van der Waals surface area contributed by atoms with Crippen LogP contribution in [0.1, 0.15) is 40.0 Å². The molecule has 0 spiro atoms. The molecule has 1 aliphatic heterocycles. The van der Waals surface area contributed by atoms with Gasteiger partial charge in [-0.2, -0.15) is 0 Å². The number of likely N-dealkylation sites (tertiary alicyclic amines) is 1. The van der Waals surface area contributed by atoms with Crippen molar-refractivity contribution < 1.29 is 14.3 Å². The van der Waals surface area contributed by atoms with Crippen molar-refractivity contribution >= 4 is 17.5 Å². The van der Waals surface area contributed by atoms with Crippen molar-refractivity contribution in [2.75, 3.05) is 32.1 Å². The molecule has 2 amide bonds. The Balaban J connectivity index is 1.91. The second-order valence-corrected chi connectivity index (χ2v) is 7.01. The van der Waals surface area contributed by atoms with E-state index in [4.69, 9.17) is 4.74 Å². The Morgan fingerprint density at radius 2 is 1.92 bits per heavy atom. The van der Waals surface area contributed by atoms with Crippen molar-refractivity contribution in [3.05, 3.63) is 24.3 Å². The molecule has 6 nitrogen and oxygen atoms in total. The molecule has 1 fully saturated rings. The van der Waals surface area contributed by atoms with Crippen LogP contribution in [0, 0.1) is 0 Å². The lowest BCUT2D eigenvalue weighted by Gasteiger charge is -2.40. The van der Waals surface area contributed by atoms with E-state index in [1.54, 1.807) is 13.2 Å². The highest BCUT2D eigenvalue weighted by atomic mass is 16.5. The summed E-state index contributed by atoms with van der Waals surface area (Å²) >= 11 is 0. The number of hydrogen-bond donors (Lipinski definition) is 1. The number of piperidine rings is 1. The summed E-state index contributed by atoms with van der Waals surface area (Å²) in [6.45, 7) is 7.30. The van der Waals surface area contributed by atoms with Crippen LogP contribution in [0.15, 0.2) is 24.3 Å². The Bertz CT molecular complexity index is 610. The number of carbonyl (C=O) groups excluding carboxylic acids is 2. The molecular formula is C20H31N3O3. The molecule has 1 saturated heterocycles. The number of rotatable bonds is 7. The summed E-state index contributed by atoms with van der Waals surface area (Å²) in [7, 11) is 1.59. The van der Waals surface area contributed by atoms with Gasteiger partial charge in [-0.15, -0.1) is 0 Å². The Morgan fingerprint density at radius 1 is 1.23 bits per heavy atom. The number of ether oxygens (including phenoxy) is 1. The van der Waals surface area contributed by atoms with Crippen LogP contribution in [0.3, 0.4) is 0 Å². The normalized spacial score (nSPS) is 20.1. The lowest BCUT2D eigenvalue weighted by molar-refractivity contribution is -0.138. The monoisotopic (exact) mass is 361 g/mol. The summed E-state index contributed by atoms with van der Waals surface area (Å²) in [4.78, 5) is 29.0. The number of nitrogens with one attached hydrogen (secondary N) is 1. The van der Waals surface area contributed by atoms with Crippen LogP contribution in [-0.4, -0.2) is 60.4 Å². The van der Waals surface area contributed by atoms with Crippen LogP contribution >= 0.6 is 0 Å². The van der Waals surface area contributed by atoms with Gasteiger partial charge in [0, 0.05) is 23.8 Å². The van der Waals surface area contributed by atoms with E-state index < -0.39 is 0 Å². The van der Waals surface area contributed by atoms with E-state index >= 15 is 0 Å². The SMILES string of the molecule is CCN(CC(=O)Nc1cccc(OC)c1)CC(=O)N1C(C)CCCC1C.